The van der Waals surface area contributed by atoms with Crippen LogP contribution in [0.2, 0.25) is 0 Å². The molecule has 17 heavy (non-hydrogen) atoms. The molecular weight excluding hydrogens is 241 g/mol. The smallest absolute Gasteiger partial charge is 0.306 e. The van der Waals surface area contributed by atoms with Crippen molar-refractivity contribution in [3.05, 3.63) is 35.4 Å². The number of benzene rings is 1. The van der Waals surface area contributed by atoms with Crippen molar-refractivity contribution in [1.82, 2.24) is 5.32 Å². The lowest BCUT2D eigenvalue weighted by atomic mass is 10.0. The van der Waals surface area contributed by atoms with Crippen LogP contribution in [0, 0.1) is 11.6 Å². The van der Waals surface area contributed by atoms with Crippen molar-refractivity contribution in [1.29, 1.82) is 0 Å². The summed E-state index contributed by atoms with van der Waals surface area (Å²) in [6.45, 7) is 1.61. The van der Waals surface area contributed by atoms with Gasteiger partial charge in [-0.1, -0.05) is 6.92 Å². The number of alkyl halides is 3. The lowest BCUT2D eigenvalue weighted by Crippen LogP contribution is -2.43. The van der Waals surface area contributed by atoms with Crippen LogP contribution in [0.5, 0.6) is 0 Å². The van der Waals surface area contributed by atoms with Crippen molar-refractivity contribution in [2.75, 3.05) is 6.54 Å². The van der Waals surface area contributed by atoms with Crippen molar-refractivity contribution in [2.45, 2.75) is 25.6 Å². The molecule has 0 aromatic heterocycles. The van der Waals surface area contributed by atoms with Crippen molar-refractivity contribution < 1.29 is 22.0 Å². The Bertz CT molecular complexity index is 375. The Kier molecular flexibility index (Phi) is 4.45. The second kappa shape index (κ2) is 5.44. The van der Waals surface area contributed by atoms with Crippen LogP contribution in [0.4, 0.5) is 22.0 Å². The number of rotatable bonds is 4. The Morgan fingerprint density at radius 2 is 1.88 bits per heavy atom. The number of hydrogen-bond acceptors (Lipinski definition) is 1. The Hall–Kier alpha value is -1.17. The minimum atomic E-state index is -4.49. The van der Waals surface area contributed by atoms with Gasteiger partial charge in [0, 0.05) is 0 Å². The van der Waals surface area contributed by atoms with E-state index >= 15 is 0 Å². The predicted molar refractivity (Wildman–Crippen MR) is 53.6 cm³/mol. The molecule has 0 aliphatic heterocycles. The van der Waals surface area contributed by atoms with Crippen molar-refractivity contribution in [3.8, 4) is 0 Å². The maximum absolute atomic E-state index is 13.2. The molecule has 0 aliphatic carbocycles. The molecule has 1 aromatic rings. The summed E-state index contributed by atoms with van der Waals surface area (Å²) in [5.41, 5.74) is -0.284. The molecule has 0 saturated heterocycles. The maximum atomic E-state index is 13.2. The molecule has 0 spiro atoms. The minimum absolute atomic E-state index is 0.0983. The first-order valence-electron chi connectivity index (χ1n) is 5.08. The van der Waals surface area contributed by atoms with Crippen LogP contribution in [0.15, 0.2) is 18.2 Å². The van der Waals surface area contributed by atoms with Gasteiger partial charge in [0.15, 0.2) is 0 Å². The highest BCUT2D eigenvalue weighted by molar-refractivity contribution is 5.20. The predicted octanol–water partition coefficient (Wildman–Crippen LogP) is 3.05. The number of nitrogens with one attached hydrogen (secondary N) is 1. The number of hydrogen-bond donors (Lipinski definition) is 1. The van der Waals surface area contributed by atoms with Crippen LogP contribution >= 0.6 is 0 Å². The molecule has 0 fully saturated rings. The quantitative estimate of drug-likeness (QED) is 0.813. The van der Waals surface area contributed by atoms with Crippen LogP contribution in [-0.4, -0.2) is 18.8 Å². The summed E-state index contributed by atoms with van der Waals surface area (Å²) in [6.07, 6.45) is -5.12. The highest BCUT2D eigenvalue weighted by Gasteiger charge is 2.39. The maximum Gasteiger partial charge on any atom is 0.404 e. The van der Waals surface area contributed by atoms with Gasteiger partial charge in [0.1, 0.15) is 17.7 Å². The van der Waals surface area contributed by atoms with Crippen LogP contribution in [0.25, 0.3) is 0 Å². The minimum Gasteiger partial charge on any atom is -0.306 e. The van der Waals surface area contributed by atoms with Gasteiger partial charge in [0.05, 0.1) is 0 Å². The van der Waals surface area contributed by atoms with E-state index in [2.05, 4.69) is 5.32 Å². The third-order valence-corrected chi connectivity index (χ3v) is 2.28. The Labute approximate surface area is 95.6 Å². The monoisotopic (exact) mass is 253 g/mol. The first-order valence-corrected chi connectivity index (χ1v) is 5.08. The summed E-state index contributed by atoms with van der Waals surface area (Å²) in [5, 5.41) is 2.20. The van der Waals surface area contributed by atoms with E-state index in [1.807, 2.05) is 0 Å². The SMILES string of the molecule is CCNC(Cc1cc(F)ccc1F)C(F)(F)F. The van der Waals surface area contributed by atoms with Crippen molar-refractivity contribution in [3.63, 3.8) is 0 Å². The average molecular weight is 253 g/mol. The number of likely N-dealkylation sites (N-methyl/N-ethyl adjacent to an activating group) is 1. The summed E-state index contributed by atoms with van der Waals surface area (Å²) in [4.78, 5) is 0. The normalized spacial score (nSPS) is 13.8. The van der Waals surface area contributed by atoms with Crippen molar-refractivity contribution >= 4 is 0 Å². The molecule has 0 aliphatic rings. The van der Waals surface area contributed by atoms with Gasteiger partial charge in [-0.15, -0.1) is 0 Å². The first-order chi connectivity index (χ1) is 7.84. The van der Waals surface area contributed by atoms with Gasteiger partial charge in [-0.2, -0.15) is 13.2 Å². The Morgan fingerprint density at radius 3 is 2.41 bits per heavy atom. The molecule has 0 heterocycles. The zero-order chi connectivity index (χ0) is 13.1. The van der Waals surface area contributed by atoms with E-state index in [9.17, 15) is 22.0 Å². The molecule has 1 unspecified atom stereocenters. The second-order valence-electron chi connectivity index (χ2n) is 3.59. The molecule has 1 nitrogen and oxygen atoms in total. The van der Waals surface area contributed by atoms with Gasteiger partial charge in [-0.3, -0.25) is 0 Å². The van der Waals surface area contributed by atoms with E-state index < -0.39 is 30.3 Å². The number of halogens is 5. The zero-order valence-corrected chi connectivity index (χ0v) is 9.11. The third-order valence-electron chi connectivity index (χ3n) is 2.28. The summed E-state index contributed by atoms with van der Waals surface area (Å²) < 4.78 is 63.6. The van der Waals surface area contributed by atoms with Gasteiger partial charge in [-0.05, 0) is 36.7 Å². The zero-order valence-electron chi connectivity index (χ0n) is 9.11. The summed E-state index contributed by atoms with van der Waals surface area (Å²) in [5.74, 6) is -1.59. The molecule has 0 saturated carbocycles. The fourth-order valence-corrected chi connectivity index (χ4v) is 1.47. The molecule has 0 bridgehead atoms. The Morgan fingerprint density at radius 1 is 1.24 bits per heavy atom. The van der Waals surface area contributed by atoms with E-state index in [1.54, 1.807) is 0 Å². The molecule has 6 heteroatoms. The molecule has 1 aromatic carbocycles. The lowest BCUT2D eigenvalue weighted by Gasteiger charge is -2.21. The molecule has 0 amide bonds. The van der Waals surface area contributed by atoms with Gasteiger partial charge < -0.3 is 5.32 Å². The van der Waals surface area contributed by atoms with Crippen LogP contribution < -0.4 is 5.32 Å². The fourth-order valence-electron chi connectivity index (χ4n) is 1.47. The van der Waals surface area contributed by atoms with Crippen molar-refractivity contribution in [2.24, 2.45) is 0 Å². The molecule has 1 rings (SSSR count). The third kappa shape index (κ3) is 3.96. The van der Waals surface area contributed by atoms with Gasteiger partial charge in [0.2, 0.25) is 0 Å². The molecular formula is C11H12F5N. The standard InChI is InChI=1S/C11H12F5N/c1-2-17-10(11(14,15)16)6-7-5-8(12)3-4-9(7)13/h3-5,10,17H,2,6H2,1H3. The highest BCUT2D eigenvalue weighted by atomic mass is 19.4. The lowest BCUT2D eigenvalue weighted by molar-refractivity contribution is -0.155. The Balaban J connectivity index is 2.89. The summed E-state index contributed by atoms with van der Waals surface area (Å²) in [7, 11) is 0. The molecule has 0 radical (unpaired) electrons. The molecule has 1 N–H and O–H groups in total. The molecule has 96 valence electrons. The van der Waals surface area contributed by atoms with E-state index in [0.29, 0.717) is 0 Å². The summed E-state index contributed by atoms with van der Waals surface area (Å²) in [6, 6.07) is 0.605. The van der Waals surface area contributed by atoms with Crippen LogP contribution in [-0.2, 0) is 6.42 Å². The summed E-state index contributed by atoms with van der Waals surface area (Å²) >= 11 is 0. The van der Waals surface area contributed by atoms with E-state index in [-0.39, 0.29) is 12.1 Å². The molecule has 1 atom stereocenters. The second-order valence-corrected chi connectivity index (χ2v) is 3.59. The van der Waals surface area contributed by atoms with Gasteiger partial charge in [-0.25, -0.2) is 8.78 Å². The fraction of sp³-hybridized carbons (Fsp3) is 0.455. The van der Waals surface area contributed by atoms with Gasteiger partial charge >= 0.3 is 6.18 Å². The van der Waals surface area contributed by atoms with Crippen LogP contribution in [0.1, 0.15) is 12.5 Å². The largest absolute Gasteiger partial charge is 0.404 e. The topological polar surface area (TPSA) is 12.0 Å². The van der Waals surface area contributed by atoms with Gasteiger partial charge in [0.25, 0.3) is 0 Å². The first kappa shape index (κ1) is 13.9. The highest BCUT2D eigenvalue weighted by Crippen LogP contribution is 2.24. The van der Waals surface area contributed by atoms with E-state index in [1.165, 1.54) is 6.92 Å². The van der Waals surface area contributed by atoms with E-state index in [4.69, 9.17) is 0 Å². The van der Waals surface area contributed by atoms with Crippen LogP contribution in [0.3, 0.4) is 0 Å². The average Bonchev–Trinajstić information content (AvgIpc) is 2.21. The van der Waals surface area contributed by atoms with E-state index in [0.717, 1.165) is 18.2 Å².